The van der Waals surface area contributed by atoms with Crippen LogP contribution in [0.2, 0.25) is 0 Å². The molecule has 1 aromatic carbocycles. The van der Waals surface area contributed by atoms with Gasteiger partial charge in [-0.3, -0.25) is 4.79 Å². The van der Waals surface area contributed by atoms with E-state index in [0.717, 1.165) is 5.03 Å². The number of rotatable bonds is 6. The van der Waals surface area contributed by atoms with Crippen molar-refractivity contribution in [3.63, 3.8) is 0 Å². The van der Waals surface area contributed by atoms with Crippen LogP contribution in [-0.2, 0) is 6.54 Å². The van der Waals surface area contributed by atoms with Crippen LogP contribution in [-0.4, -0.2) is 21.0 Å². The molecule has 0 aliphatic heterocycles. The molecule has 6 nitrogen and oxygen atoms in total. The molecule has 2 aromatic heterocycles. The number of aromatic nitrogens is 3. The number of nitrogens with one attached hydrogen (secondary N) is 1. The molecule has 1 N–H and O–H groups in total. The zero-order chi connectivity index (χ0) is 16.8. The van der Waals surface area contributed by atoms with Crippen molar-refractivity contribution in [3.8, 4) is 0 Å². The predicted octanol–water partition coefficient (Wildman–Crippen LogP) is 3.25. The Labute approximate surface area is 143 Å². The number of amides is 1. The van der Waals surface area contributed by atoms with Crippen LogP contribution in [0.3, 0.4) is 0 Å². The highest BCUT2D eigenvalue weighted by Gasteiger charge is 2.16. The third kappa shape index (κ3) is 4.20. The Hall–Kier alpha value is -2.67. The molecule has 24 heavy (non-hydrogen) atoms. The summed E-state index contributed by atoms with van der Waals surface area (Å²) in [6.45, 7) is 2.19. The summed E-state index contributed by atoms with van der Waals surface area (Å²) >= 11 is 1.54. The van der Waals surface area contributed by atoms with Crippen molar-refractivity contribution in [1.29, 1.82) is 0 Å². The minimum absolute atomic E-state index is 0.0222. The normalized spacial score (nSPS) is 11.9. The summed E-state index contributed by atoms with van der Waals surface area (Å²) in [5, 5.41) is 7.55. The van der Waals surface area contributed by atoms with Crippen molar-refractivity contribution in [2.75, 3.05) is 0 Å². The number of nitrogens with zero attached hydrogens (tertiary/aromatic N) is 3. The lowest BCUT2D eigenvalue weighted by Crippen LogP contribution is -2.23. The average molecular weight is 340 g/mol. The van der Waals surface area contributed by atoms with Gasteiger partial charge in [-0.2, -0.15) is 4.98 Å². The molecular formula is C17H16N4O2S. The van der Waals surface area contributed by atoms with Crippen molar-refractivity contribution in [3.05, 3.63) is 72.0 Å². The van der Waals surface area contributed by atoms with Crippen LogP contribution in [0, 0.1) is 0 Å². The first kappa shape index (κ1) is 16.2. The molecule has 1 atom stereocenters. The minimum Gasteiger partial charge on any atom is -0.345 e. The number of pyridine rings is 1. The second-order valence-electron chi connectivity index (χ2n) is 5.03. The van der Waals surface area contributed by atoms with Crippen molar-refractivity contribution < 1.29 is 9.32 Å². The van der Waals surface area contributed by atoms with Gasteiger partial charge in [-0.25, -0.2) is 4.98 Å². The van der Waals surface area contributed by atoms with Crippen LogP contribution in [0.5, 0.6) is 0 Å². The standard InChI is InChI=1S/C17H16N4O2S/c1-12(24-15-9-5-6-10-18-15)17-20-14(21-23-17)11-19-16(22)13-7-3-2-4-8-13/h2-10,12H,11H2,1H3,(H,19,22)/t12-/m1/s1. The lowest BCUT2D eigenvalue weighted by molar-refractivity contribution is 0.0949. The Balaban J connectivity index is 1.56. The van der Waals surface area contributed by atoms with Crippen molar-refractivity contribution in [2.45, 2.75) is 23.7 Å². The quantitative estimate of drug-likeness (QED) is 0.694. The molecule has 0 unspecified atom stereocenters. The molecule has 1 amide bonds. The second-order valence-corrected chi connectivity index (χ2v) is 6.39. The Morgan fingerprint density at radius 3 is 2.75 bits per heavy atom. The molecule has 0 radical (unpaired) electrons. The van der Waals surface area contributed by atoms with Gasteiger partial charge in [0.05, 0.1) is 16.8 Å². The predicted molar refractivity (Wildman–Crippen MR) is 90.4 cm³/mol. The molecule has 122 valence electrons. The fraction of sp³-hybridized carbons (Fsp3) is 0.176. The molecule has 0 spiro atoms. The first-order valence-corrected chi connectivity index (χ1v) is 8.34. The van der Waals surface area contributed by atoms with Crippen LogP contribution >= 0.6 is 11.8 Å². The summed E-state index contributed by atoms with van der Waals surface area (Å²) in [4.78, 5) is 20.6. The Morgan fingerprint density at radius 1 is 1.21 bits per heavy atom. The highest BCUT2D eigenvalue weighted by atomic mass is 32.2. The van der Waals surface area contributed by atoms with Gasteiger partial charge < -0.3 is 9.84 Å². The van der Waals surface area contributed by atoms with Crippen molar-refractivity contribution in [1.82, 2.24) is 20.4 Å². The molecule has 3 rings (SSSR count). The van der Waals surface area contributed by atoms with E-state index in [1.54, 1.807) is 18.3 Å². The Bertz CT molecular complexity index is 793. The molecular weight excluding hydrogens is 324 g/mol. The molecule has 0 fully saturated rings. The molecule has 7 heteroatoms. The summed E-state index contributed by atoms with van der Waals surface area (Å²) in [7, 11) is 0. The highest BCUT2D eigenvalue weighted by molar-refractivity contribution is 7.99. The van der Waals surface area contributed by atoms with Gasteiger partial charge in [0.15, 0.2) is 5.82 Å². The lowest BCUT2D eigenvalue weighted by Gasteiger charge is -2.04. The summed E-state index contributed by atoms with van der Waals surface area (Å²) < 4.78 is 5.28. The van der Waals surface area contributed by atoms with Gasteiger partial charge >= 0.3 is 0 Å². The Morgan fingerprint density at radius 2 is 2.00 bits per heavy atom. The summed E-state index contributed by atoms with van der Waals surface area (Å²) in [6.07, 6.45) is 1.74. The SMILES string of the molecule is C[C@@H](Sc1ccccn1)c1nc(CNC(=O)c2ccccc2)no1. The number of hydrogen-bond donors (Lipinski definition) is 1. The monoisotopic (exact) mass is 340 g/mol. The first-order valence-electron chi connectivity index (χ1n) is 7.46. The second kappa shape index (κ2) is 7.74. The number of carbonyl (C=O) groups is 1. The largest absolute Gasteiger partial charge is 0.345 e. The van der Waals surface area contributed by atoms with Crippen LogP contribution in [0.1, 0.15) is 34.2 Å². The van der Waals surface area contributed by atoms with Gasteiger partial charge in [0.25, 0.3) is 5.91 Å². The number of thioether (sulfide) groups is 1. The van der Waals surface area contributed by atoms with E-state index in [9.17, 15) is 4.79 Å². The smallest absolute Gasteiger partial charge is 0.251 e. The van der Waals surface area contributed by atoms with Gasteiger partial charge in [0.1, 0.15) is 0 Å². The molecule has 0 bridgehead atoms. The zero-order valence-electron chi connectivity index (χ0n) is 13.0. The van der Waals surface area contributed by atoms with E-state index in [2.05, 4.69) is 20.4 Å². The van der Waals surface area contributed by atoms with Gasteiger partial charge in [-0.05, 0) is 31.2 Å². The topological polar surface area (TPSA) is 80.9 Å². The maximum atomic E-state index is 12.0. The number of carbonyl (C=O) groups excluding carboxylic acids is 1. The lowest BCUT2D eigenvalue weighted by atomic mass is 10.2. The van der Waals surface area contributed by atoms with Gasteiger partial charge in [-0.1, -0.05) is 41.2 Å². The maximum absolute atomic E-state index is 12.0. The van der Waals surface area contributed by atoms with Gasteiger partial charge in [0.2, 0.25) is 5.89 Å². The highest BCUT2D eigenvalue weighted by Crippen LogP contribution is 2.32. The summed E-state index contributed by atoms with van der Waals surface area (Å²) in [6, 6.07) is 14.7. The summed E-state index contributed by atoms with van der Waals surface area (Å²) in [5.41, 5.74) is 0.597. The van der Waals surface area contributed by atoms with Gasteiger partial charge in [0, 0.05) is 11.8 Å². The van der Waals surface area contributed by atoms with E-state index in [1.807, 2.05) is 43.3 Å². The van der Waals surface area contributed by atoms with E-state index in [1.165, 1.54) is 11.8 Å². The number of benzene rings is 1. The molecule has 0 aliphatic carbocycles. The van der Waals surface area contributed by atoms with E-state index >= 15 is 0 Å². The molecule has 2 heterocycles. The fourth-order valence-corrected chi connectivity index (χ4v) is 2.84. The zero-order valence-corrected chi connectivity index (χ0v) is 13.9. The van der Waals surface area contributed by atoms with Gasteiger partial charge in [-0.15, -0.1) is 0 Å². The fourth-order valence-electron chi connectivity index (χ4n) is 2.00. The third-order valence-corrected chi connectivity index (χ3v) is 4.25. The van der Waals surface area contributed by atoms with Crippen LogP contribution in [0.25, 0.3) is 0 Å². The van der Waals surface area contributed by atoms with E-state index in [4.69, 9.17) is 4.52 Å². The summed E-state index contributed by atoms with van der Waals surface area (Å²) in [5.74, 6) is 0.787. The van der Waals surface area contributed by atoms with E-state index in [0.29, 0.717) is 17.3 Å². The first-order chi connectivity index (χ1) is 11.7. The Kier molecular flexibility index (Phi) is 5.22. The van der Waals surface area contributed by atoms with E-state index < -0.39 is 0 Å². The third-order valence-electron chi connectivity index (χ3n) is 3.21. The molecule has 3 aromatic rings. The molecule has 0 aliphatic rings. The molecule has 0 saturated carbocycles. The van der Waals surface area contributed by atoms with Crippen molar-refractivity contribution >= 4 is 17.7 Å². The van der Waals surface area contributed by atoms with E-state index in [-0.39, 0.29) is 17.7 Å². The van der Waals surface area contributed by atoms with Crippen molar-refractivity contribution in [2.24, 2.45) is 0 Å². The average Bonchev–Trinajstić information content (AvgIpc) is 3.10. The molecule has 0 saturated heterocycles. The maximum Gasteiger partial charge on any atom is 0.251 e. The number of hydrogen-bond acceptors (Lipinski definition) is 6. The van der Waals surface area contributed by atoms with Crippen LogP contribution in [0.4, 0.5) is 0 Å². The minimum atomic E-state index is -0.169. The van der Waals surface area contributed by atoms with Crippen LogP contribution < -0.4 is 5.32 Å². The van der Waals surface area contributed by atoms with Crippen LogP contribution in [0.15, 0.2) is 64.3 Å².